The lowest BCUT2D eigenvalue weighted by Gasteiger charge is -2.23. The van der Waals surface area contributed by atoms with Crippen molar-refractivity contribution in [3.8, 4) is 5.75 Å². The lowest BCUT2D eigenvalue weighted by atomic mass is 9.93. The summed E-state index contributed by atoms with van der Waals surface area (Å²) in [6.07, 6.45) is 8.48. The molecule has 0 saturated heterocycles. The van der Waals surface area contributed by atoms with Crippen LogP contribution in [0.25, 0.3) is 0 Å². The Morgan fingerprint density at radius 2 is 1.95 bits per heavy atom. The SMILES string of the molecule is CCOc1cccc(CN[C@H](C)C2CCCCCC2)c1. The molecule has 1 atom stereocenters. The Labute approximate surface area is 123 Å². The molecule has 0 radical (unpaired) electrons. The number of hydrogen-bond acceptors (Lipinski definition) is 2. The third-order valence-electron chi connectivity index (χ3n) is 4.44. The zero-order valence-corrected chi connectivity index (χ0v) is 13.0. The van der Waals surface area contributed by atoms with Gasteiger partial charge in [0.05, 0.1) is 6.61 Å². The van der Waals surface area contributed by atoms with E-state index in [1.54, 1.807) is 0 Å². The predicted octanol–water partition coefficient (Wildman–Crippen LogP) is 4.53. The van der Waals surface area contributed by atoms with Crippen LogP contribution in [-0.2, 0) is 6.54 Å². The molecule has 1 aliphatic rings. The van der Waals surface area contributed by atoms with Gasteiger partial charge < -0.3 is 10.1 Å². The van der Waals surface area contributed by atoms with Gasteiger partial charge in [-0.1, -0.05) is 37.8 Å². The van der Waals surface area contributed by atoms with Crippen molar-refractivity contribution in [2.75, 3.05) is 6.61 Å². The van der Waals surface area contributed by atoms with Crippen LogP contribution in [0.1, 0.15) is 57.9 Å². The Kier molecular flexibility index (Phi) is 6.38. The second kappa shape index (κ2) is 8.31. The second-order valence-corrected chi connectivity index (χ2v) is 6.00. The summed E-state index contributed by atoms with van der Waals surface area (Å²) in [5, 5.41) is 3.71. The van der Waals surface area contributed by atoms with Crippen molar-refractivity contribution in [3.05, 3.63) is 29.8 Å². The number of benzene rings is 1. The van der Waals surface area contributed by atoms with E-state index in [9.17, 15) is 0 Å². The lowest BCUT2D eigenvalue weighted by Crippen LogP contribution is -2.32. The summed E-state index contributed by atoms with van der Waals surface area (Å²) < 4.78 is 5.56. The molecule has 1 saturated carbocycles. The Morgan fingerprint density at radius 3 is 2.65 bits per heavy atom. The summed E-state index contributed by atoms with van der Waals surface area (Å²) in [7, 11) is 0. The van der Waals surface area contributed by atoms with Crippen LogP contribution >= 0.6 is 0 Å². The first-order valence-corrected chi connectivity index (χ1v) is 8.24. The van der Waals surface area contributed by atoms with Gasteiger partial charge in [0.1, 0.15) is 5.75 Å². The first kappa shape index (κ1) is 15.4. The largest absolute Gasteiger partial charge is 0.494 e. The topological polar surface area (TPSA) is 21.3 Å². The fraction of sp³-hybridized carbons (Fsp3) is 0.667. The van der Waals surface area contributed by atoms with Gasteiger partial charge >= 0.3 is 0 Å². The van der Waals surface area contributed by atoms with E-state index in [0.29, 0.717) is 6.04 Å². The fourth-order valence-electron chi connectivity index (χ4n) is 3.17. The van der Waals surface area contributed by atoms with Gasteiger partial charge in [0.2, 0.25) is 0 Å². The van der Waals surface area contributed by atoms with Crippen molar-refractivity contribution in [3.63, 3.8) is 0 Å². The highest BCUT2D eigenvalue weighted by Crippen LogP contribution is 2.25. The molecule has 0 spiro atoms. The van der Waals surface area contributed by atoms with Gasteiger partial charge in [-0.05, 0) is 50.3 Å². The van der Waals surface area contributed by atoms with Crippen LogP contribution in [0, 0.1) is 5.92 Å². The average molecular weight is 275 g/mol. The molecule has 1 fully saturated rings. The minimum absolute atomic E-state index is 0.615. The van der Waals surface area contributed by atoms with Crippen molar-refractivity contribution in [2.45, 2.75) is 65.0 Å². The van der Waals surface area contributed by atoms with Crippen molar-refractivity contribution >= 4 is 0 Å². The van der Waals surface area contributed by atoms with Crippen LogP contribution in [-0.4, -0.2) is 12.6 Å². The molecule has 0 unspecified atom stereocenters. The number of hydrogen-bond donors (Lipinski definition) is 1. The quantitative estimate of drug-likeness (QED) is 0.770. The molecule has 2 nitrogen and oxygen atoms in total. The number of rotatable bonds is 6. The molecule has 0 aliphatic heterocycles. The second-order valence-electron chi connectivity index (χ2n) is 6.00. The lowest BCUT2D eigenvalue weighted by molar-refractivity contribution is 0.333. The third kappa shape index (κ3) is 4.82. The van der Waals surface area contributed by atoms with E-state index in [2.05, 4.69) is 30.4 Å². The fourth-order valence-corrected chi connectivity index (χ4v) is 3.17. The van der Waals surface area contributed by atoms with Crippen molar-refractivity contribution < 1.29 is 4.74 Å². The summed E-state index contributed by atoms with van der Waals surface area (Å²) >= 11 is 0. The maximum Gasteiger partial charge on any atom is 0.119 e. The zero-order chi connectivity index (χ0) is 14.2. The van der Waals surface area contributed by atoms with Gasteiger partial charge in [0.15, 0.2) is 0 Å². The maximum atomic E-state index is 5.56. The molecule has 2 heteroatoms. The smallest absolute Gasteiger partial charge is 0.119 e. The third-order valence-corrected chi connectivity index (χ3v) is 4.44. The Hall–Kier alpha value is -1.02. The van der Waals surface area contributed by atoms with Gasteiger partial charge in [-0.3, -0.25) is 0 Å². The van der Waals surface area contributed by atoms with E-state index in [0.717, 1.165) is 24.8 Å². The molecule has 20 heavy (non-hydrogen) atoms. The minimum atomic E-state index is 0.615. The van der Waals surface area contributed by atoms with Gasteiger partial charge in [-0.15, -0.1) is 0 Å². The first-order valence-electron chi connectivity index (χ1n) is 8.24. The Morgan fingerprint density at radius 1 is 1.20 bits per heavy atom. The van der Waals surface area contributed by atoms with E-state index in [1.807, 2.05) is 13.0 Å². The van der Waals surface area contributed by atoms with Crippen molar-refractivity contribution in [1.29, 1.82) is 0 Å². The Balaban J connectivity index is 1.82. The average Bonchev–Trinajstić information content (AvgIpc) is 2.75. The summed E-state index contributed by atoms with van der Waals surface area (Å²) in [4.78, 5) is 0. The molecule has 0 heterocycles. The molecular weight excluding hydrogens is 246 g/mol. The standard InChI is InChI=1S/C18H29NO/c1-3-20-18-12-8-9-16(13-18)14-19-15(2)17-10-6-4-5-7-11-17/h8-9,12-13,15,17,19H,3-7,10-11,14H2,1-2H3/t15-/m1/s1. The van der Waals surface area contributed by atoms with Gasteiger partial charge in [0, 0.05) is 12.6 Å². The summed E-state index contributed by atoms with van der Waals surface area (Å²) in [6.45, 7) is 6.05. The van der Waals surface area contributed by atoms with E-state index in [-0.39, 0.29) is 0 Å². The van der Waals surface area contributed by atoms with E-state index >= 15 is 0 Å². The summed E-state index contributed by atoms with van der Waals surface area (Å²) in [6, 6.07) is 9.05. The van der Waals surface area contributed by atoms with Crippen LogP contribution in [0.15, 0.2) is 24.3 Å². The van der Waals surface area contributed by atoms with Crippen molar-refractivity contribution in [2.24, 2.45) is 5.92 Å². The molecule has 1 aromatic carbocycles. The van der Waals surface area contributed by atoms with Gasteiger partial charge in [-0.25, -0.2) is 0 Å². The highest BCUT2D eigenvalue weighted by Gasteiger charge is 2.18. The van der Waals surface area contributed by atoms with Crippen LogP contribution in [0.4, 0.5) is 0 Å². The van der Waals surface area contributed by atoms with Crippen LogP contribution < -0.4 is 10.1 Å². The monoisotopic (exact) mass is 275 g/mol. The van der Waals surface area contributed by atoms with Crippen molar-refractivity contribution in [1.82, 2.24) is 5.32 Å². The van der Waals surface area contributed by atoms with Crippen LogP contribution in [0.2, 0.25) is 0 Å². The van der Waals surface area contributed by atoms with Gasteiger partial charge in [0.25, 0.3) is 0 Å². The highest BCUT2D eigenvalue weighted by atomic mass is 16.5. The summed E-state index contributed by atoms with van der Waals surface area (Å²) in [5.74, 6) is 1.83. The zero-order valence-electron chi connectivity index (χ0n) is 13.0. The minimum Gasteiger partial charge on any atom is -0.494 e. The number of ether oxygens (including phenoxy) is 1. The molecule has 0 amide bonds. The van der Waals surface area contributed by atoms with Gasteiger partial charge in [-0.2, -0.15) is 0 Å². The summed E-state index contributed by atoms with van der Waals surface area (Å²) in [5.41, 5.74) is 1.32. The Bertz CT molecular complexity index is 383. The molecule has 0 bridgehead atoms. The molecule has 1 aromatic rings. The van der Waals surface area contributed by atoms with E-state index < -0.39 is 0 Å². The maximum absolute atomic E-state index is 5.56. The van der Waals surface area contributed by atoms with E-state index in [1.165, 1.54) is 44.1 Å². The molecule has 1 aliphatic carbocycles. The normalized spacial score (nSPS) is 18.5. The van der Waals surface area contributed by atoms with Crippen LogP contribution in [0.5, 0.6) is 5.75 Å². The molecule has 0 aromatic heterocycles. The molecule has 2 rings (SSSR count). The molecule has 112 valence electrons. The predicted molar refractivity (Wildman–Crippen MR) is 85.1 cm³/mol. The van der Waals surface area contributed by atoms with Crippen LogP contribution in [0.3, 0.4) is 0 Å². The highest BCUT2D eigenvalue weighted by molar-refractivity contribution is 5.28. The number of nitrogens with one attached hydrogen (secondary N) is 1. The first-order chi connectivity index (χ1) is 9.79. The molecular formula is C18H29NO. The van der Waals surface area contributed by atoms with E-state index in [4.69, 9.17) is 4.74 Å². The molecule has 1 N–H and O–H groups in total.